The molecule has 1 aromatic carbocycles. The van der Waals surface area contributed by atoms with E-state index in [1.165, 1.54) is 11.1 Å². The lowest BCUT2D eigenvalue weighted by Crippen LogP contribution is -2.21. The van der Waals surface area contributed by atoms with Crippen LogP contribution in [-0.2, 0) is 16.1 Å². The van der Waals surface area contributed by atoms with Crippen LogP contribution in [0.1, 0.15) is 52.5 Å². The molecule has 0 N–H and O–H groups in total. The van der Waals surface area contributed by atoms with Crippen molar-refractivity contribution in [2.24, 2.45) is 0 Å². The molecular formula is C20H28O2. The SMILES string of the molecule is CC(=O)C(CC=C(C)CCC=C(C)C)OCc1ccccc1. The van der Waals surface area contributed by atoms with Gasteiger partial charge < -0.3 is 4.74 Å². The van der Waals surface area contributed by atoms with E-state index in [-0.39, 0.29) is 11.9 Å². The first-order valence-electron chi connectivity index (χ1n) is 7.94. The van der Waals surface area contributed by atoms with Crippen molar-refractivity contribution in [2.45, 2.75) is 59.7 Å². The van der Waals surface area contributed by atoms with Crippen LogP contribution in [0.2, 0.25) is 0 Å². The van der Waals surface area contributed by atoms with Gasteiger partial charge in [0.15, 0.2) is 5.78 Å². The van der Waals surface area contributed by atoms with E-state index >= 15 is 0 Å². The Kier molecular flexibility index (Phi) is 8.46. The minimum atomic E-state index is -0.349. The summed E-state index contributed by atoms with van der Waals surface area (Å²) in [4.78, 5) is 11.7. The van der Waals surface area contributed by atoms with Gasteiger partial charge in [0.1, 0.15) is 6.10 Å². The fourth-order valence-electron chi connectivity index (χ4n) is 2.12. The average molecular weight is 300 g/mol. The van der Waals surface area contributed by atoms with Crippen LogP contribution in [0.4, 0.5) is 0 Å². The Balaban J connectivity index is 2.46. The molecule has 1 aromatic rings. The molecule has 120 valence electrons. The molecule has 0 aliphatic heterocycles. The number of ether oxygens (including phenoxy) is 1. The molecule has 0 heterocycles. The van der Waals surface area contributed by atoms with Gasteiger partial charge >= 0.3 is 0 Å². The van der Waals surface area contributed by atoms with Gasteiger partial charge in [-0.05, 0) is 52.5 Å². The molecule has 0 saturated carbocycles. The highest BCUT2D eigenvalue weighted by atomic mass is 16.5. The molecule has 2 nitrogen and oxygen atoms in total. The summed E-state index contributed by atoms with van der Waals surface area (Å²) in [7, 11) is 0. The summed E-state index contributed by atoms with van der Waals surface area (Å²) in [5.74, 6) is 0.0873. The van der Waals surface area contributed by atoms with E-state index < -0.39 is 0 Å². The second kappa shape index (κ2) is 10.1. The summed E-state index contributed by atoms with van der Waals surface area (Å²) >= 11 is 0. The monoisotopic (exact) mass is 300 g/mol. The molecular weight excluding hydrogens is 272 g/mol. The van der Waals surface area contributed by atoms with Crippen LogP contribution in [0.15, 0.2) is 53.6 Å². The van der Waals surface area contributed by atoms with Crippen LogP contribution in [0.25, 0.3) is 0 Å². The van der Waals surface area contributed by atoms with Crippen LogP contribution in [-0.4, -0.2) is 11.9 Å². The summed E-state index contributed by atoms with van der Waals surface area (Å²) in [6.07, 6.45) is 6.78. The molecule has 0 aliphatic carbocycles. The van der Waals surface area contributed by atoms with Crippen molar-refractivity contribution < 1.29 is 9.53 Å². The maximum atomic E-state index is 11.7. The third-order valence-corrected chi connectivity index (χ3v) is 3.52. The van der Waals surface area contributed by atoms with Gasteiger partial charge in [-0.2, -0.15) is 0 Å². The number of allylic oxidation sites excluding steroid dienone is 3. The van der Waals surface area contributed by atoms with Crippen molar-refractivity contribution in [2.75, 3.05) is 0 Å². The van der Waals surface area contributed by atoms with Crippen molar-refractivity contribution in [3.8, 4) is 0 Å². The minimum Gasteiger partial charge on any atom is -0.365 e. The normalized spacial score (nSPS) is 12.8. The van der Waals surface area contributed by atoms with Crippen molar-refractivity contribution in [3.63, 3.8) is 0 Å². The Hall–Kier alpha value is -1.67. The molecule has 0 saturated heterocycles. The van der Waals surface area contributed by atoms with Crippen LogP contribution in [0.5, 0.6) is 0 Å². The highest BCUT2D eigenvalue weighted by Crippen LogP contribution is 2.12. The highest BCUT2D eigenvalue weighted by molar-refractivity contribution is 5.80. The van der Waals surface area contributed by atoms with Gasteiger partial charge in [0.2, 0.25) is 0 Å². The molecule has 0 bridgehead atoms. The molecule has 0 fully saturated rings. The molecule has 0 spiro atoms. The number of Topliss-reactive ketones (excluding diaryl/α,β-unsaturated/α-hetero) is 1. The predicted octanol–water partition coefficient (Wildman–Crippen LogP) is 5.24. The first-order valence-corrected chi connectivity index (χ1v) is 7.94. The summed E-state index contributed by atoms with van der Waals surface area (Å²) in [5, 5.41) is 0. The van der Waals surface area contributed by atoms with E-state index in [0.717, 1.165) is 18.4 Å². The molecule has 1 atom stereocenters. The summed E-state index contributed by atoms with van der Waals surface area (Å²) in [5.41, 5.74) is 3.76. The van der Waals surface area contributed by atoms with Crippen LogP contribution in [0.3, 0.4) is 0 Å². The molecule has 0 aromatic heterocycles. The van der Waals surface area contributed by atoms with Crippen molar-refractivity contribution in [3.05, 3.63) is 59.2 Å². The molecule has 22 heavy (non-hydrogen) atoms. The van der Waals surface area contributed by atoms with Gasteiger partial charge in [-0.3, -0.25) is 4.79 Å². The lowest BCUT2D eigenvalue weighted by Gasteiger charge is -2.14. The van der Waals surface area contributed by atoms with Crippen LogP contribution < -0.4 is 0 Å². The second-order valence-electron chi connectivity index (χ2n) is 6.00. The maximum absolute atomic E-state index is 11.7. The molecule has 0 amide bonds. The number of carbonyl (C=O) groups is 1. The molecule has 1 rings (SSSR count). The van der Waals surface area contributed by atoms with E-state index in [2.05, 4.69) is 32.9 Å². The number of rotatable bonds is 9. The zero-order valence-corrected chi connectivity index (χ0v) is 14.3. The number of hydrogen-bond acceptors (Lipinski definition) is 2. The van der Waals surface area contributed by atoms with Gasteiger partial charge in [-0.1, -0.05) is 53.6 Å². The first kappa shape index (κ1) is 18.4. The zero-order chi connectivity index (χ0) is 16.4. The van der Waals surface area contributed by atoms with Gasteiger partial charge in [-0.15, -0.1) is 0 Å². The van der Waals surface area contributed by atoms with Crippen LogP contribution >= 0.6 is 0 Å². The first-order chi connectivity index (χ1) is 10.5. The summed E-state index contributed by atoms with van der Waals surface area (Å²) in [6.45, 7) is 8.43. The fourth-order valence-corrected chi connectivity index (χ4v) is 2.12. The number of ketones is 1. The Morgan fingerprint density at radius 1 is 1.09 bits per heavy atom. The van der Waals surface area contributed by atoms with E-state index in [9.17, 15) is 4.79 Å². The fraction of sp³-hybridized carbons (Fsp3) is 0.450. The lowest BCUT2D eigenvalue weighted by atomic mass is 10.1. The van der Waals surface area contributed by atoms with Crippen molar-refractivity contribution >= 4 is 5.78 Å². The Bertz CT molecular complexity index is 508. The average Bonchev–Trinajstić information content (AvgIpc) is 2.47. The molecule has 1 unspecified atom stereocenters. The largest absolute Gasteiger partial charge is 0.365 e. The van der Waals surface area contributed by atoms with E-state index in [4.69, 9.17) is 4.74 Å². The number of benzene rings is 1. The van der Waals surface area contributed by atoms with E-state index in [0.29, 0.717) is 13.0 Å². The smallest absolute Gasteiger partial charge is 0.158 e. The quantitative estimate of drug-likeness (QED) is 0.583. The van der Waals surface area contributed by atoms with Gasteiger partial charge in [0.25, 0.3) is 0 Å². The Morgan fingerprint density at radius 2 is 1.77 bits per heavy atom. The molecule has 0 radical (unpaired) electrons. The van der Waals surface area contributed by atoms with Crippen molar-refractivity contribution in [1.29, 1.82) is 0 Å². The standard InChI is InChI=1S/C20H28O2/c1-16(2)9-8-10-17(3)13-14-20(18(4)21)22-15-19-11-6-5-7-12-19/h5-7,9,11-13,20H,8,10,14-15H2,1-4H3. The Labute approximate surface area is 134 Å². The third-order valence-electron chi connectivity index (χ3n) is 3.52. The Morgan fingerprint density at radius 3 is 2.36 bits per heavy atom. The van der Waals surface area contributed by atoms with Gasteiger partial charge in [0.05, 0.1) is 6.61 Å². The van der Waals surface area contributed by atoms with Gasteiger partial charge in [-0.25, -0.2) is 0 Å². The topological polar surface area (TPSA) is 26.3 Å². The van der Waals surface area contributed by atoms with Crippen LogP contribution in [0, 0.1) is 0 Å². The number of hydrogen-bond donors (Lipinski definition) is 0. The molecule has 0 aliphatic rings. The minimum absolute atomic E-state index is 0.0873. The van der Waals surface area contributed by atoms with Crippen molar-refractivity contribution in [1.82, 2.24) is 0 Å². The van der Waals surface area contributed by atoms with E-state index in [1.54, 1.807) is 6.92 Å². The molecule has 2 heteroatoms. The third kappa shape index (κ3) is 7.94. The van der Waals surface area contributed by atoms with E-state index in [1.807, 2.05) is 30.3 Å². The second-order valence-corrected chi connectivity index (χ2v) is 6.00. The lowest BCUT2D eigenvalue weighted by molar-refractivity contribution is -0.128. The number of carbonyl (C=O) groups excluding carboxylic acids is 1. The predicted molar refractivity (Wildman–Crippen MR) is 92.7 cm³/mol. The maximum Gasteiger partial charge on any atom is 0.158 e. The summed E-state index contributed by atoms with van der Waals surface area (Å²) < 4.78 is 5.78. The zero-order valence-electron chi connectivity index (χ0n) is 14.3. The highest BCUT2D eigenvalue weighted by Gasteiger charge is 2.13. The van der Waals surface area contributed by atoms with Gasteiger partial charge in [0, 0.05) is 0 Å². The summed E-state index contributed by atoms with van der Waals surface area (Å²) in [6, 6.07) is 9.96.